The molecule has 3 aliphatic rings. The zero-order chi connectivity index (χ0) is 96.3. The van der Waals surface area contributed by atoms with E-state index >= 15 is 0 Å². The van der Waals surface area contributed by atoms with Crippen LogP contribution in [0.1, 0.15) is 74.9 Å². The molecule has 0 saturated carbocycles. The molecule has 0 aliphatic heterocycles. The predicted octanol–water partition coefficient (Wildman–Crippen LogP) is 33.8. The van der Waals surface area contributed by atoms with Crippen LogP contribution in [0.3, 0.4) is 0 Å². The summed E-state index contributed by atoms with van der Waals surface area (Å²) >= 11 is 0. The Morgan fingerprint density at radius 3 is 0.909 bits per heavy atom. The second-order valence-electron chi connectivity index (χ2n) is 38.8. The van der Waals surface area contributed by atoms with Gasteiger partial charge in [0.15, 0.2) is 17.5 Å². The highest BCUT2D eigenvalue weighted by Crippen LogP contribution is 2.56. The number of hydrogen-bond donors (Lipinski definition) is 0. The van der Waals surface area contributed by atoms with Crippen LogP contribution in [0.15, 0.2) is 480 Å². The van der Waals surface area contributed by atoms with Gasteiger partial charge in [0.2, 0.25) is 0 Å². The fourth-order valence-corrected chi connectivity index (χ4v) is 21.4. The second-order valence-corrected chi connectivity index (χ2v) is 38.8. The molecule has 143 heavy (non-hydrogen) atoms. The van der Waals surface area contributed by atoms with Crippen LogP contribution in [0.5, 0.6) is 0 Å². The van der Waals surface area contributed by atoms with E-state index in [2.05, 4.69) is 451 Å². The summed E-state index contributed by atoms with van der Waals surface area (Å²) < 4.78 is 0. The minimum absolute atomic E-state index is 0.00626. The lowest BCUT2D eigenvalue weighted by atomic mass is 9.79. The highest BCUT2D eigenvalue weighted by molar-refractivity contribution is 6.04. The first-order valence-electron chi connectivity index (χ1n) is 48.9. The minimum atomic E-state index is -0.113. The van der Waals surface area contributed by atoms with Crippen molar-refractivity contribution < 1.29 is 0 Å². The molecule has 26 rings (SSSR count). The molecule has 6 aromatic heterocycles. The predicted molar refractivity (Wildman–Crippen MR) is 589 cm³/mol. The number of aromatic nitrogens is 9. The first kappa shape index (κ1) is 87.7. The van der Waals surface area contributed by atoms with Gasteiger partial charge in [0, 0.05) is 103 Å². The smallest absolute Gasteiger partial charge is 0.160 e. The molecule has 0 saturated heterocycles. The van der Waals surface area contributed by atoms with Crippen molar-refractivity contribution in [3.63, 3.8) is 0 Å². The van der Waals surface area contributed by atoms with Crippen LogP contribution in [0, 0.1) is 0 Å². The van der Waals surface area contributed by atoms with Crippen molar-refractivity contribution in [3.05, 3.63) is 513 Å². The quantitative estimate of drug-likeness (QED) is 0.0989. The van der Waals surface area contributed by atoms with Crippen molar-refractivity contribution in [2.75, 3.05) is 0 Å². The molecular weight excluding hydrogens is 1740 g/mol. The van der Waals surface area contributed by atoms with Crippen LogP contribution in [-0.2, 0) is 16.2 Å². The molecule has 17 aromatic carbocycles. The lowest BCUT2D eigenvalue weighted by Gasteiger charge is -2.23. The number of nitrogens with zero attached hydrogens (tertiary/aromatic N) is 9. The Bertz CT molecular complexity index is 8790. The van der Waals surface area contributed by atoms with E-state index in [-0.39, 0.29) is 16.2 Å². The summed E-state index contributed by atoms with van der Waals surface area (Å²) in [6.45, 7) is 14.1. The van der Waals surface area contributed by atoms with Crippen LogP contribution >= 0.6 is 0 Å². The third kappa shape index (κ3) is 16.7. The van der Waals surface area contributed by atoms with Crippen molar-refractivity contribution in [1.29, 1.82) is 0 Å². The van der Waals surface area contributed by atoms with E-state index in [9.17, 15) is 0 Å². The van der Waals surface area contributed by atoms with E-state index < -0.39 is 0 Å². The minimum Gasteiger partial charge on any atom is -0.264 e. The summed E-state index contributed by atoms with van der Waals surface area (Å²) in [5.74, 6) is 2.10. The van der Waals surface area contributed by atoms with E-state index in [1.54, 1.807) is 18.6 Å². The number of rotatable bonds is 15. The topological polar surface area (TPSA) is 116 Å². The molecule has 0 radical (unpaired) electrons. The molecule has 0 atom stereocenters. The largest absolute Gasteiger partial charge is 0.264 e. The maximum atomic E-state index is 5.15. The summed E-state index contributed by atoms with van der Waals surface area (Å²) in [5.41, 5.74) is 44.4. The zero-order valence-corrected chi connectivity index (χ0v) is 80.1. The van der Waals surface area contributed by atoms with Gasteiger partial charge in [-0.15, -0.1) is 0 Å². The first-order chi connectivity index (χ1) is 70.1. The van der Waals surface area contributed by atoms with Gasteiger partial charge in [-0.05, 0) is 228 Å². The third-order valence-corrected chi connectivity index (χ3v) is 29.0. The maximum absolute atomic E-state index is 5.15. The molecule has 6 heterocycles. The van der Waals surface area contributed by atoms with E-state index in [0.717, 1.165) is 118 Å². The number of benzene rings is 17. The highest BCUT2D eigenvalue weighted by atomic mass is 14.9. The Hall–Kier alpha value is -18.1. The number of pyridine rings is 3. The zero-order valence-electron chi connectivity index (χ0n) is 80.1. The van der Waals surface area contributed by atoms with Gasteiger partial charge in [-0.2, -0.15) is 0 Å². The second kappa shape index (κ2) is 36.7. The van der Waals surface area contributed by atoms with Crippen molar-refractivity contribution >= 4 is 21.5 Å². The number of hydrogen-bond acceptors (Lipinski definition) is 9. The lowest BCUT2D eigenvalue weighted by Crippen LogP contribution is -2.15. The summed E-state index contributed by atoms with van der Waals surface area (Å²) in [4.78, 5) is 43.4. The monoisotopic (exact) mass is 1830 g/mol. The lowest BCUT2D eigenvalue weighted by molar-refractivity contribution is 0.660. The van der Waals surface area contributed by atoms with Crippen molar-refractivity contribution in [2.45, 2.75) is 57.8 Å². The van der Waals surface area contributed by atoms with Gasteiger partial charge in [-0.25, -0.2) is 29.9 Å². The standard InChI is InChI=1S/2C46H33N3.C42H31N3/c1-46(2)41-27-35(22-23-39(41)40-24-21-31-10-6-7-16-38(31)44(40)46)34-13-8-14-36(26-34)43-28-42(32-11-4-3-5-12-32)48-45(49-43)33-19-17-30(18-20-33)37-15-9-25-47-29-37;1-46(2)40-24-22-31-10-6-7-16-38(31)44(40)39-23-21-35(27-41(39)46)34-13-8-14-36(26-34)43-28-42(32-11-4-3-5-12-32)48-45(49-43)33-19-17-30(18-20-33)37-15-9-25-47-29-37;1-42(2)37-16-7-6-15-35(37)36-25-32(21-22-38(36)42)31-12-8-13-33(24-31)40-26-39(29-10-4-3-5-11-29)44-41(45-40)30-19-17-28(18-20-30)34-14-9-23-43-27-34/h2*3-29H,1-2H3;3-27H,1-2H3. The van der Waals surface area contributed by atoms with Gasteiger partial charge in [-0.3, -0.25) is 15.0 Å². The van der Waals surface area contributed by atoms with Crippen LogP contribution in [0.4, 0.5) is 0 Å². The fraction of sp³-hybridized carbons (Fsp3) is 0.0672. The van der Waals surface area contributed by atoms with Crippen LogP contribution in [0.2, 0.25) is 0 Å². The maximum Gasteiger partial charge on any atom is 0.160 e. The fourth-order valence-electron chi connectivity index (χ4n) is 21.4. The molecule has 9 nitrogen and oxygen atoms in total. The van der Waals surface area contributed by atoms with Gasteiger partial charge in [0.25, 0.3) is 0 Å². The summed E-state index contributed by atoms with van der Waals surface area (Å²) in [6.07, 6.45) is 11.0. The van der Waals surface area contributed by atoms with E-state index in [1.807, 2.05) is 67.1 Å². The molecule has 0 N–H and O–H groups in total. The normalized spacial score (nSPS) is 12.9. The third-order valence-electron chi connectivity index (χ3n) is 29.0. The Kier molecular flexibility index (Phi) is 22.5. The molecule has 9 heteroatoms. The average Bonchev–Trinajstić information content (AvgIpc) is 1.56. The van der Waals surface area contributed by atoms with Gasteiger partial charge in [0.1, 0.15) is 0 Å². The van der Waals surface area contributed by atoms with Gasteiger partial charge >= 0.3 is 0 Å². The van der Waals surface area contributed by atoms with Gasteiger partial charge in [0.05, 0.1) is 34.2 Å². The molecule has 0 amide bonds. The Labute approximate surface area is 833 Å². The SMILES string of the molecule is CC1(C)c2cc(-c3cccc(-c4cc(-c5ccccc5)nc(-c5ccc(-c6cccnc6)cc5)n4)c3)ccc2-c2c1ccc1ccccc21.CC1(C)c2cc(-c3cccc(-c4cc(-c5ccccc5)nc(-c5ccc(-c6cccnc6)cc5)n4)c3)ccc2-c2ccc3ccccc3c21.CC1(C)c2ccccc2-c2cc(-c3cccc(-c4cc(-c5ccccc5)nc(-c5ccc(-c6cccnc6)cc5)n4)c3)ccc21. The molecule has 0 fully saturated rings. The van der Waals surface area contributed by atoms with E-state index in [1.165, 1.54) is 122 Å². The average molecular weight is 1830 g/mol. The molecular formula is C134H97N9. The van der Waals surface area contributed by atoms with Crippen LogP contribution < -0.4 is 0 Å². The Balaban J connectivity index is 0.000000116. The molecule has 0 spiro atoms. The van der Waals surface area contributed by atoms with Crippen molar-refractivity contribution in [2.24, 2.45) is 0 Å². The molecule has 23 aromatic rings. The molecule has 0 unspecified atom stereocenters. The summed E-state index contributed by atoms with van der Waals surface area (Å²) in [5, 5.41) is 5.23. The van der Waals surface area contributed by atoms with Gasteiger partial charge < -0.3 is 0 Å². The first-order valence-corrected chi connectivity index (χ1v) is 48.9. The number of fused-ring (bicyclic) bond motifs is 13. The summed E-state index contributed by atoms with van der Waals surface area (Å²) in [7, 11) is 0. The Morgan fingerprint density at radius 1 is 0.161 bits per heavy atom. The van der Waals surface area contributed by atoms with Crippen LogP contribution in [0.25, 0.3) is 223 Å². The van der Waals surface area contributed by atoms with E-state index in [0.29, 0.717) is 17.5 Å². The van der Waals surface area contributed by atoms with Crippen LogP contribution in [-0.4, -0.2) is 44.9 Å². The Morgan fingerprint density at radius 2 is 0.462 bits per heavy atom. The summed E-state index contributed by atoms with van der Waals surface area (Å²) in [6, 6.07) is 157. The molecule has 0 bridgehead atoms. The molecule has 3 aliphatic carbocycles. The van der Waals surface area contributed by atoms with E-state index in [4.69, 9.17) is 29.9 Å². The van der Waals surface area contributed by atoms with Gasteiger partial charge in [-0.1, -0.05) is 412 Å². The molecule has 678 valence electrons. The van der Waals surface area contributed by atoms with Crippen molar-refractivity contribution in [1.82, 2.24) is 44.9 Å². The highest BCUT2D eigenvalue weighted by Gasteiger charge is 2.40. The van der Waals surface area contributed by atoms with Crippen molar-refractivity contribution in [3.8, 4) is 202 Å².